The zero-order valence-corrected chi connectivity index (χ0v) is 17.1. The number of ether oxygens (including phenoxy) is 2. The third-order valence-electron chi connectivity index (χ3n) is 4.89. The number of carbonyl (C=O) groups is 1. The standard InChI is InChI=1S/C20H27FN2O3S/c1-12-14-7-8-25-11-20(14,15-9-13(22)5-6-16(15)21)23-17(27-12)10-18(24)26-19(2,3)4/h5-6,9,12,14H,7-8,10-11,22H2,1-4H3/t12-,14+,20+/m1/s1. The molecule has 1 aromatic carbocycles. The minimum absolute atomic E-state index is 0.0741. The van der Waals surface area contributed by atoms with E-state index in [1.807, 2.05) is 20.8 Å². The van der Waals surface area contributed by atoms with Gasteiger partial charge in [0.2, 0.25) is 0 Å². The van der Waals surface area contributed by atoms with Crippen molar-refractivity contribution in [3.63, 3.8) is 0 Å². The Morgan fingerprint density at radius 1 is 1.48 bits per heavy atom. The van der Waals surface area contributed by atoms with Crippen LogP contribution in [0.1, 0.15) is 46.1 Å². The zero-order valence-electron chi connectivity index (χ0n) is 16.3. The number of rotatable bonds is 3. The average Bonchev–Trinajstić information content (AvgIpc) is 2.55. The summed E-state index contributed by atoms with van der Waals surface area (Å²) in [5, 5.41) is 0.824. The molecule has 2 N–H and O–H groups in total. The van der Waals surface area contributed by atoms with Gasteiger partial charge in [0.25, 0.3) is 0 Å². The van der Waals surface area contributed by atoms with Crippen LogP contribution in [0.25, 0.3) is 0 Å². The fraction of sp³-hybridized carbons (Fsp3) is 0.600. The molecule has 2 aliphatic rings. The number of anilines is 1. The van der Waals surface area contributed by atoms with Crippen molar-refractivity contribution in [3.05, 3.63) is 29.6 Å². The molecule has 1 saturated heterocycles. The van der Waals surface area contributed by atoms with Crippen molar-refractivity contribution in [2.45, 2.75) is 56.9 Å². The lowest BCUT2D eigenvalue weighted by Gasteiger charge is -2.47. The highest BCUT2D eigenvalue weighted by molar-refractivity contribution is 8.14. The number of fused-ring (bicyclic) bond motifs is 1. The molecule has 0 amide bonds. The lowest BCUT2D eigenvalue weighted by Crippen LogP contribution is -2.50. The third-order valence-corrected chi connectivity index (χ3v) is 6.10. The molecule has 0 bridgehead atoms. The molecule has 1 fully saturated rings. The molecule has 0 spiro atoms. The van der Waals surface area contributed by atoms with Crippen LogP contribution in [0, 0.1) is 11.7 Å². The van der Waals surface area contributed by atoms with Crippen molar-refractivity contribution >= 4 is 28.5 Å². The number of hydrogen-bond donors (Lipinski definition) is 1. The second-order valence-corrected chi connectivity index (χ2v) is 9.65. The first kappa shape index (κ1) is 20.1. The molecule has 7 heteroatoms. The SMILES string of the molecule is C[C@H]1SC(CC(=O)OC(C)(C)C)=N[C@@]2(c3cc(N)ccc3F)COCC[C@@H]12. The van der Waals surface area contributed by atoms with Crippen LogP contribution in [-0.4, -0.2) is 35.1 Å². The number of aliphatic imine (C=N–C) groups is 1. The normalized spacial score (nSPS) is 28.3. The summed E-state index contributed by atoms with van der Waals surface area (Å²) >= 11 is 1.57. The van der Waals surface area contributed by atoms with Crippen molar-refractivity contribution in [2.75, 3.05) is 18.9 Å². The van der Waals surface area contributed by atoms with Gasteiger partial charge in [-0.1, -0.05) is 6.92 Å². The van der Waals surface area contributed by atoms with Gasteiger partial charge in [0.1, 0.15) is 17.0 Å². The minimum Gasteiger partial charge on any atom is -0.460 e. The summed E-state index contributed by atoms with van der Waals surface area (Å²) in [6.45, 7) is 8.50. The van der Waals surface area contributed by atoms with E-state index in [9.17, 15) is 9.18 Å². The Morgan fingerprint density at radius 2 is 2.22 bits per heavy atom. The van der Waals surface area contributed by atoms with Crippen LogP contribution >= 0.6 is 11.8 Å². The first-order valence-electron chi connectivity index (χ1n) is 9.21. The Balaban J connectivity index is 2.01. The molecular weight excluding hydrogens is 367 g/mol. The Hall–Kier alpha value is -1.60. The summed E-state index contributed by atoms with van der Waals surface area (Å²) in [5.41, 5.74) is 5.45. The predicted molar refractivity (Wildman–Crippen MR) is 106 cm³/mol. The number of benzene rings is 1. The maximum absolute atomic E-state index is 14.8. The van der Waals surface area contributed by atoms with Gasteiger partial charge in [-0.15, -0.1) is 11.8 Å². The molecule has 1 aromatic rings. The minimum atomic E-state index is -0.861. The maximum atomic E-state index is 14.8. The molecule has 27 heavy (non-hydrogen) atoms. The number of carbonyl (C=O) groups excluding carboxylic acids is 1. The van der Waals surface area contributed by atoms with E-state index in [2.05, 4.69) is 6.92 Å². The Bertz CT molecular complexity index is 762. The van der Waals surface area contributed by atoms with E-state index in [1.165, 1.54) is 6.07 Å². The molecule has 0 radical (unpaired) electrons. The number of esters is 1. The number of nitrogens with two attached hydrogens (primary N) is 1. The van der Waals surface area contributed by atoms with E-state index in [4.69, 9.17) is 20.2 Å². The van der Waals surface area contributed by atoms with Gasteiger partial charge in [-0.25, -0.2) is 4.39 Å². The van der Waals surface area contributed by atoms with Gasteiger partial charge in [0.05, 0.1) is 18.1 Å². The van der Waals surface area contributed by atoms with E-state index < -0.39 is 11.1 Å². The molecule has 148 valence electrons. The van der Waals surface area contributed by atoms with E-state index in [0.717, 1.165) is 6.42 Å². The second kappa shape index (κ2) is 7.43. The Morgan fingerprint density at radius 3 is 2.93 bits per heavy atom. The second-order valence-electron chi connectivity index (χ2n) is 8.20. The van der Waals surface area contributed by atoms with Crippen molar-refractivity contribution in [1.29, 1.82) is 0 Å². The van der Waals surface area contributed by atoms with Gasteiger partial charge in [0, 0.05) is 29.0 Å². The summed E-state index contributed by atoms with van der Waals surface area (Å²) in [6.07, 6.45) is 0.857. The van der Waals surface area contributed by atoms with E-state index >= 15 is 0 Å². The van der Waals surface area contributed by atoms with Crippen LogP contribution in [0.15, 0.2) is 23.2 Å². The van der Waals surface area contributed by atoms with E-state index in [1.54, 1.807) is 23.9 Å². The molecule has 0 unspecified atom stereocenters. The molecule has 3 rings (SSSR count). The topological polar surface area (TPSA) is 73.9 Å². The van der Waals surface area contributed by atoms with Gasteiger partial charge in [-0.2, -0.15) is 0 Å². The number of nitrogen functional groups attached to an aromatic ring is 1. The molecule has 0 saturated carbocycles. The van der Waals surface area contributed by atoms with Gasteiger partial charge in [0.15, 0.2) is 0 Å². The van der Waals surface area contributed by atoms with Crippen LogP contribution in [0.3, 0.4) is 0 Å². The quantitative estimate of drug-likeness (QED) is 0.622. The lowest BCUT2D eigenvalue weighted by atomic mass is 9.74. The van der Waals surface area contributed by atoms with Crippen LogP contribution < -0.4 is 5.73 Å². The number of nitrogens with zero attached hydrogens (tertiary/aromatic N) is 1. The largest absolute Gasteiger partial charge is 0.460 e. The lowest BCUT2D eigenvalue weighted by molar-refractivity contribution is -0.153. The first-order valence-corrected chi connectivity index (χ1v) is 10.1. The maximum Gasteiger partial charge on any atom is 0.312 e. The van der Waals surface area contributed by atoms with Crippen molar-refractivity contribution in [1.82, 2.24) is 0 Å². The highest BCUT2D eigenvalue weighted by Crippen LogP contribution is 2.49. The van der Waals surface area contributed by atoms with Crippen LogP contribution in [0.2, 0.25) is 0 Å². The van der Waals surface area contributed by atoms with Gasteiger partial charge < -0.3 is 15.2 Å². The summed E-state index contributed by atoms with van der Waals surface area (Å²) in [4.78, 5) is 17.2. The molecule has 2 aliphatic heterocycles. The smallest absolute Gasteiger partial charge is 0.312 e. The monoisotopic (exact) mass is 394 g/mol. The molecule has 2 heterocycles. The van der Waals surface area contributed by atoms with Crippen LogP contribution in [0.5, 0.6) is 0 Å². The molecule has 0 aliphatic carbocycles. The first-order chi connectivity index (χ1) is 12.6. The Labute approximate surface area is 163 Å². The average molecular weight is 395 g/mol. The summed E-state index contributed by atoms with van der Waals surface area (Å²) in [7, 11) is 0. The third kappa shape index (κ3) is 4.29. The number of halogens is 1. The van der Waals surface area contributed by atoms with Crippen LogP contribution in [0.4, 0.5) is 10.1 Å². The van der Waals surface area contributed by atoms with Crippen molar-refractivity contribution in [3.8, 4) is 0 Å². The molecule has 3 atom stereocenters. The summed E-state index contributed by atoms with van der Waals surface area (Å²) in [5.74, 6) is -0.576. The fourth-order valence-electron chi connectivity index (χ4n) is 3.86. The van der Waals surface area contributed by atoms with Crippen molar-refractivity contribution < 1.29 is 18.7 Å². The van der Waals surface area contributed by atoms with Gasteiger partial charge >= 0.3 is 5.97 Å². The zero-order chi connectivity index (χ0) is 19.8. The predicted octanol–water partition coefficient (Wildman–Crippen LogP) is 3.91. The highest BCUT2D eigenvalue weighted by Gasteiger charge is 2.50. The highest BCUT2D eigenvalue weighted by atomic mass is 32.2. The summed E-state index contributed by atoms with van der Waals surface area (Å²) in [6, 6.07) is 4.56. The van der Waals surface area contributed by atoms with Gasteiger partial charge in [-0.3, -0.25) is 9.79 Å². The van der Waals surface area contributed by atoms with E-state index in [0.29, 0.717) is 22.9 Å². The molecular formula is C20H27FN2O3S. The van der Waals surface area contributed by atoms with Crippen LogP contribution in [-0.2, 0) is 19.8 Å². The molecule has 5 nitrogen and oxygen atoms in total. The van der Waals surface area contributed by atoms with E-state index in [-0.39, 0.29) is 36.0 Å². The van der Waals surface area contributed by atoms with Gasteiger partial charge in [-0.05, 0) is 45.4 Å². The fourth-order valence-corrected chi connectivity index (χ4v) is 5.23. The summed E-state index contributed by atoms with van der Waals surface area (Å²) < 4.78 is 25.9. The number of hydrogen-bond acceptors (Lipinski definition) is 6. The number of thioether (sulfide) groups is 1. The van der Waals surface area contributed by atoms with Crippen molar-refractivity contribution in [2.24, 2.45) is 10.9 Å². The Kier molecular flexibility index (Phi) is 5.54. The molecule has 0 aromatic heterocycles.